The predicted octanol–water partition coefficient (Wildman–Crippen LogP) is -0.795. The molecule has 0 amide bonds. The minimum Gasteiger partial charge on any atom is -0.317 e. The SMILES string of the molecule is CNC1CCN(CCS(N)(=O)=O)CC1C. The van der Waals surface area contributed by atoms with Crippen LogP contribution in [0.4, 0.5) is 0 Å². The summed E-state index contributed by atoms with van der Waals surface area (Å²) in [6, 6.07) is 0.552. The minimum atomic E-state index is -3.32. The molecule has 2 unspecified atom stereocenters. The van der Waals surface area contributed by atoms with Gasteiger partial charge in [-0.15, -0.1) is 0 Å². The lowest BCUT2D eigenvalue weighted by Gasteiger charge is -2.36. The molecule has 1 heterocycles. The molecule has 0 spiro atoms. The summed E-state index contributed by atoms with van der Waals surface area (Å²) in [4.78, 5) is 2.17. The van der Waals surface area contributed by atoms with Crippen molar-refractivity contribution in [3.8, 4) is 0 Å². The molecule has 6 heteroatoms. The Balaban J connectivity index is 2.35. The van der Waals surface area contributed by atoms with Gasteiger partial charge >= 0.3 is 0 Å². The van der Waals surface area contributed by atoms with E-state index in [0.29, 0.717) is 18.5 Å². The first-order valence-electron chi connectivity index (χ1n) is 5.32. The van der Waals surface area contributed by atoms with Gasteiger partial charge in [-0.05, 0) is 25.9 Å². The van der Waals surface area contributed by atoms with Crippen molar-refractivity contribution in [2.24, 2.45) is 11.1 Å². The fourth-order valence-corrected chi connectivity index (χ4v) is 2.63. The van der Waals surface area contributed by atoms with Crippen LogP contribution in [0.3, 0.4) is 0 Å². The molecule has 0 aliphatic carbocycles. The highest BCUT2D eigenvalue weighted by Gasteiger charge is 2.24. The Kier molecular flexibility index (Phi) is 4.51. The van der Waals surface area contributed by atoms with Crippen LogP contribution in [0.1, 0.15) is 13.3 Å². The van der Waals surface area contributed by atoms with Gasteiger partial charge in [0.25, 0.3) is 0 Å². The Morgan fingerprint density at radius 2 is 2.20 bits per heavy atom. The van der Waals surface area contributed by atoms with E-state index >= 15 is 0 Å². The highest BCUT2D eigenvalue weighted by Crippen LogP contribution is 2.15. The third-order valence-electron chi connectivity index (χ3n) is 3.05. The van der Waals surface area contributed by atoms with Gasteiger partial charge in [0.05, 0.1) is 5.75 Å². The van der Waals surface area contributed by atoms with Crippen molar-refractivity contribution in [1.82, 2.24) is 10.2 Å². The van der Waals surface area contributed by atoms with Gasteiger partial charge in [-0.2, -0.15) is 0 Å². The van der Waals surface area contributed by atoms with E-state index in [0.717, 1.165) is 19.5 Å². The average Bonchev–Trinajstić information content (AvgIpc) is 2.14. The Hall–Kier alpha value is -0.170. The van der Waals surface area contributed by atoms with Crippen LogP contribution in [0.25, 0.3) is 0 Å². The summed E-state index contributed by atoms with van der Waals surface area (Å²) in [7, 11) is -1.34. The summed E-state index contributed by atoms with van der Waals surface area (Å²) in [6.07, 6.45) is 1.07. The van der Waals surface area contributed by atoms with E-state index in [1.807, 2.05) is 7.05 Å². The number of primary sulfonamides is 1. The van der Waals surface area contributed by atoms with Gasteiger partial charge in [0.1, 0.15) is 0 Å². The number of nitrogens with one attached hydrogen (secondary N) is 1. The van der Waals surface area contributed by atoms with E-state index < -0.39 is 10.0 Å². The monoisotopic (exact) mass is 235 g/mol. The van der Waals surface area contributed by atoms with Crippen molar-refractivity contribution < 1.29 is 8.42 Å². The van der Waals surface area contributed by atoms with Crippen molar-refractivity contribution >= 4 is 10.0 Å². The second kappa shape index (κ2) is 5.25. The van der Waals surface area contributed by atoms with Crippen molar-refractivity contribution in [2.45, 2.75) is 19.4 Å². The summed E-state index contributed by atoms with van der Waals surface area (Å²) in [5.41, 5.74) is 0. The van der Waals surface area contributed by atoms with Crippen LogP contribution in [-0.2, 0) is 10.0 Å². The number of nitrogens with two attached hydrogens (primary N) is 1. The first-order valence-corrected chi connectivity index (χ1v) is 7.04. The summed E-state index contributed by atoms with van der Waals surface area (Å²) in [5.74, 6) is 0.619. The summed E-state index contributed by atoms with van der Waals surface area (Å²) in [6.45, 7) is 4.64. The molecule has 15 heavy (non-hydrogen) atoms. The van der Waals surface area contributed by atoms with Gasteiger partial charge in [0.15, 0.2) is 0 Å². The Labute approximate surface area is 92.1 Å². The number of hydrogen-bond donors (Lipinski definition) is 2. The third kappa shape index (κ3) is 4.46. The zero-order valence-corrected chi connectivity index (χ0v) is 10.3. The number of piperidine rings is 1. The maximum absolute atomic E-state index is 10.8. The number of likely N-dealkylation sites (tertiary alicyclic amines) is 1. The van der Waals surface area contributed by atoms with Gasteiger partial charge in [0.2, 0.25) is 10.0 Å². The number of nitrogens with zero attached hydrogens (tertiary/aromatic N) is 1. The third-order valence-corrected chi connectivity index (χ3v) is 3.80. The molecule has 1 aliphatic heterocycles. The lowest BCUT2D eigenvalue weighted by Crippen LogP contribution is -2.48. The highest BCUT2D eigenvalue weighted by molar-refractivity contribution is 7.89. The molecule has 0 aromatic heterocycles. The molecule has 1 saturated heterocycles. The van der Waals surface area contributed by atoms with Crippen LogP contribution >= 0.6 is 0 Å². The molecule has 0 radical (unpaired) electrons. The van der Waals surface area contributed by atoms with Crippen molar-refractivity contribution in [1.29, 1.82) is 0 Å². The van der Waals surface area contributed by atoms with Crippen LogP contribution in [0.15, 0.2) is 0 Å². The topological polar surface area (TPSA) is 75.4 Å². The van der Waals surface area contributed by atoms with Crippen LogP contribution in [0, 0.1) is 5.92 Å². The van der Waals surface area contributed by atoms with E-state index in [1.165, 1.54) is 0 Å². The van der Waals surface area contributed by atoms with Crippen LogP contribution in [-0.4, -0.2) is 51.8 Å². The first kappa shape index (κ1) is 12.9. The molecule has 0 saturated carbocycles. The smallest absolute Gasteiger partial charge is 0.210 e. The van der Waals surface area contributed by atoms with Gasteiger partial charge in [0, 0.05) is 19.1 Å². The van der Waals surface area contributed by atoms with Crippen molar-refractivity contribution in [3.63, 3.8) is 0 Å². The van der Waals surface area contributed by atoms with Gasteiger partial charge in [-0.1, -0.05) is 6.92 Å². The molecule has 0 aromatic carbocycles. The average molecular weight is 235 g/mol. The van der Waals surface area contributed by atoms with E-state index in [9.17, 15) is 8.42 Å². The molecule has 2 atom stereocenters. The molecule has 0 bridgehead atoms. The summed E-state index contributed by atoms with van der Waals surface area (Å²) < 4.78 is 21.6. The van der Waals surface area contributed by atoms with Crippen LogP contribution in [0.5, 0.6) is 0 Å². The second-order valence-corrected chi connectivity index (χ2v) is 6.06. The zero-order chi connectivity index (χ0) is 11.5. The van der Waals surface area contributed by atoms with Crippen molar-refractivity contribution in [2.75, 3.05) is 32.4 Å². The molecule has 0 aromatic rings. The Bertz CT molecular complexity index is 292. The summed E-state index contributed by atoms with van der Waals surface area (Å²) in [5, 5.41) is 8.25. The number of hydrogen-bond acceptors (Lipinski definition) is 4. The lowest BCUT2D eigenvalue weighted by molar-refractivity contribution is 0.158. The predicted molar refractivity (Wildman–Crippen MR) is 61.0 cm³/mol. The lowest BCUT2D eigenvalue weighted by atomic mass is 9.94. The molecular weight excluding hydrogens is 214 g/mol. The largest absolute Gasteiger partial charge is 0.317 e. The fourth-order valence-electron chi connectivity index (χ4n) is 2.12. The minimum absolute atomic E-state index is 0.0595. The maximum atomic E-state index is 10.8. The second-order valence-electron chi connectivity index (χ2n) is 4.33. The molecule has 1 fully saturated rings. The van der Waals surface area contributed by atoms with Crippen LogP contribution in [0.2, 0.25) is 0 Å². The normalized spacial score (nSPS) is 29.3. The standard InChI is InChI=1S/C9H21N3O2S/c1-8-7-12(4-3-9(8)11-2)5-6-15(10,13)14/h8-9,11H,3-7H2,1-2H3,(H2,10,13,14). The molecule has 1 aliphatic rings. The molecule has 1 rings (SSSR count). The quantitative estimate of drug-likeness (QED) is 0.669. The Morgan fingerprint density at radius 3 is 2.67 bits per heavy atom. The van der Waals surface area contributed by atoms with E-state index in [-0.39, 0.29) is 5.75 Å². The van der Waals surface area contributed by atoms with Gasteiger partial charge in [-0.25, -0.2) is 13.6 Å². The molecule has 3 N–H and O–H groups in total. The summed E-state index contributed by atoms with van der Waals surface area (Å²) >= 11 is 0. The molecular formula is C9H21N3O2S. The maximum Gasteiger partial charge on any atom is 0.210 e. The van der Waals surface area contributed by atoms with E-state index in [1.54, 1.807) is 0 Å². The Morgan fingerprint density at radius 1 is 1.53 bits per heavy atom. The number of sulfonamides is 1. The van der Waals surface area contributed by atoms with E-state index in [2.05, 4.69) is 17.1 Å². The van der Waals surface area contributed by atoms with Crippen LogP contribution < -0.4 is 10.5 Å². The van der Waals surface area contributed by atoms with Gasteiger partial charge < -0.3 is 10.2 Å². The number of rotatable bonds is 4. The van der Waals surface area contributed by atoms with Gasteiger partial charge in [-0.3, -0.25) is 0 Å². The zero-order valence-electron chi connectivity index (χ0n) is 9.44. The molecule has 90 valence electrons. The highest BCUT2D eigenvalue weighted by atomic mass is 32.2. The van der Waals surface area contributed by atoms with E-state index in [4.69, 9.17) is 5.14 Å². The molecule has 5 nitrogen and oxygen atoms in total. The van der Waals surface area contributed by atoms with Crippen molar-refractivity contribution in [3.05, 3.63) is 0 Å². The fraction of sp³-hybridized carbons (Fsp3) is 1.00. The first-order chi connectivity index (χ1) is 6.92.